The first-order valence-electron chi connectivity index (χ1n) is 12.8. The summed E-state index contributed by atoms with van der Waals surface area (Å²) in [4.78, 5) is 38.9. The van der Waals surface area contributed by atoms with E-state index in [9.17, 15) is 13.2 Å². The summed E-state index contributed by atoms with van der Waals surface area (Å²) in [5.74, 6) is 1.96. The molecule has 3 N–H and O–H groups in total. The Bertz CT molecular complexity index is 1430. The topological polar surface area (TPSA) is 184 Å². The number of nitrogens with zero attached hydrogens (tertiary/aromatic N) is 8. The van der Waals surface area contributed by atoms with Crippen LogP contribution in [0.2, 0.25) is 0 Å². The predicted octanol–water partition coefficient (Wildman–Crippen LogP) is 0.473. The summed E-state index contributed by atoms with van der Waals surface area (Å²) in [5, 5.41) is 13.3. The van der Waals surface area contributed by atoms with Gasteiger partial charge in [-0.1, -0.05) is 0 Å². The van der Waals surface area contributed by atoms with E-state index in [-0.39, 0.29) is 48.5 Å². The molecule has 1 aliphatic carbocycles. The number of anilines is 5. The van der Waals surface area contributed by atoms with Crippen LogP contribution in [0.15, 0.2) is 24.7 Å². The molecule has 39 heavy (non-hydrogen) atoms. The van der Waals surface area contributed by atoms with Gasteiger partial charge in [0.05, 0.1) is 23.8 Å². The number of H-pyrrole nitrogens is 1. The predicted molar refractivity (Wildman–Crippen MR) is 142 cm³/mol. The summed E-state index contributed by atoms with van der Waals surface area (Å²) in [6, 6.07) is 1.29. The summed E-state index contributed by atoms with van der Waals surface area (Å²) in [7, 11) is -1.50. The number of ether oxygens (including phenoxy) is 1. The van der Waals surface area contributed by atoms with Gasteiger partial charge in [-0.25, -0.2) is 13.4 Å². The fourth-order valence-corrected chi connectivity index (χ4v) is 5.92. The highest BCUT2D eigenvalue weighted by Crippen LogP contribution is 2.39. The average Bonchev–Trinajstić information content (AvgIpc) is 3.51. The minimum absolute atomic E-state index is 0.0134. The molecule has 0 unspecified atom stereocenters. The monoisotopic (exact) mass is 555 g/mol. The molecule has 2 saturated heterocycles. The quantitative estimate of drug-likeness (QED) is 0.349. The lowest BCUT2D eigenvalue weighted by atomic mass is 10.2. The second-order valence-electron chi connectivity index (χ2n) is 9.85. The van der Waals surface area contributed by atoms with E-state index in [1.54, 1.807) is 12.0 Å². The van der Waals surface area contributed by atoms with Crippen molar-refractivity contribution in [1.29, 1.82) is 0 Å². The fraction of sp³-hybridized carbons (Fsp3) is 0.522. The molecule has 0 spiro atoms. The Hall–Kier alpha value is -3.92. The smallest absolute Gasteiger partial charge is 0.248 e. The summed E-state index contributed by atoms with van der Waals surface area (Å²) in [6.07, 6.45) is 6.94. The molecule has 3 aromatic rings. The van der Waals surface area contributed by atoms with Crippen LogP contribution in [0.3, 0.4) is 0 Å². The van der Waals surface area contributed by atoms with Crippen molar-refractivity contribution in [2.75, 3.05) is 58.7 Å². The van der Waals surface area contributed by atoms with Gasteiger partial charge in [-0.3, -0.25) is 14.9 Å². The van der Waals surface area contributed by atoms with Gasteiger partial charge in [-0.15, -0.1) is 0 Å². The Morgan fingerprint density at radius 2 is 1.90 bits per heavy atom. The Morgan fingerprint density at radius 1 is 1.10 bits per heavy atom. The molecule has 0 bridgehead atoms. The number of carbonyl (C=O) groups is 1. The molecule has 2 aliphatic heterocycles. The SMILES string of the molecule is CO[C@H]1C[C@@H](C(=O)Nc2cnccn2)N(c2nc(Nc3cc(C4CC4)[nH]n3)nc(N3CCS(=O)(=O)CC3)n2)C1. The number of methoxy groups -OCH3 is 1. The van der Waals surface area contributed by atoms with Crippen molar-refractivity contribution in [1.82, 2.24) is 35.1 Å². The number of sulfone groups is 1. The van der Waals surface area contributed by atoms with Gasteiger partial charge in [0.2, 0.25) is 23.8 Å². The molecule has 3 aromatic heterocycles. The van der Waals surface area contributed by atoms with Crippen molar-refractivity contribution >= 4 is 45.2 Å². The van der Waals surface area contributed by atoms with E-state index < -0.39 is 15.9 Å². The summed E-state index contributed by atoms with van der Waals surface area (Å²) in [6.45, 7) is 0.897. The van der Waals surface area contributed by atoms with E-state index in [4.69, 9.17) is 4.74 Å². The van der Waals surface area contributed by atoms with E-state index >= 15 is 0 Å². The summed E-state index contributed by atoms with van der Waals surface area (Å²) >= 11 is 0. The molecule has 0 radical (unpaired) electrons. The summed E-state index contributed by atoms with van der Waals surface area (Å²) < 4.78 is 29.7. The van der Waals surface area contributed by atoms with Crippen LogP contribution in [0.4, 0.5) is 29.5 Å². The second kappa shape index (κ2) is 10.3. The molecular formula is C23H29N11O4S. The lowest BCUT2D eigenvalue weighted by Crippen LogP contribution is -2.43. The zero-order valence-electron chi connectivity index (χ0n) is 21.3. The number of carbonyl (C=O) groups excluding carboxylic acids is 1. The summed E-state index contributed by atoms with van der Waals surface area (Å²) in [5.41, 5.74) is 1.05. The maximum atomic E-state index is 13.3. The van der Waals surface area contributed by atoms with Crippen LogP contribution >= 0.6 is 0 Å². The lowest BCUT2D eigenvalue weighted by Gasteiger charge is -2.29. The maximum absolute atomic E-state index is 13.3. The highest BCUT2D eigenvalue weighted by Gasteiger charge is 2.39. The molecule has 5 heterocycles. The second-order valence-corrected chi connectivity index (χ2v) is 12.2. The van der Waals surface area contributed by atoms with Gasteiger partial charge in [-0.2, -0.15) is 20.1 Å². The lowest BCUT2D eigenvalue weighted by molar-refractivity contribution is -0.117. The molecule has 1 saturated carbocycles. The highest BCUT2D eigenvalue weighted by molar-refractivity contribution is 7.91. The maximum Gasteiger partial charge on any atom is 0.248 e. The minimum Gasteiger partial charge on any atom is -0.380 e. The standard InChI is InChI=1S/C23H29N11O4S/c1-38-15-10-17(20(35)26-19-12-24-4-5-25-19)34(13-15)23-29-21(27-18-11-16(31-32-18)14-2-3-14)28-22(30-23)33-6-8-39(36,37)9-7-33/h4-5,11-12,14-15,17H,2-3,6-10,13H2,1H3,(H,25,26,35)(H2,27,28,29,30,31,32)/t15-,17-/m0/s1. The number of amides is 1. The number of nitrogens with one attached hydrogen (secondary N) is 3. The largest absolute Gasteiger partial charge is 0.380 e. The van der Waals surface area contributed by atoms with Crippen LogP contribution in [-0.4, -0.2) is 99.8 Å². The molecule has 16 heteroatoms. The molecule has 15 nitrogen and oxygen atoms in total. The van der Waals surface area contributed by atoms with E-state index in [1.165, 1.54) is 18.6 Å². The zero-order chi connectivity index (χ0) is 27.0. The van der Waals surface area contributed by atoms with Crippen LogP contribution in [0, 0.1) is 0 Å². The van der Waals surface area contributed by atoms with E-state index in [0.717, 1.165) is 18.5 Å². The Balaban J connectivity index is 1.31. The van der Waals surface area contributed by atoms with Crippen LogP contribution < -0.4 is 20.4 Å². The van der Waals surface area contributed by atoms with Crippen molar-refractivity contribution < 1.29 is 17.9 Å². The minimum atomic E-state index is -3.10. The van der Waals surface area contributed by atoms with Gasteiger partial charge < -0.3 is 25.2 Å². The molecule has 2 atom stereocenters. The van der Waals surface area contributed by atoms with E-state index in [1.807, 2.05) is 11.0 Å². The van der Waals surface area contributed by atoms with Crippen LogP contribution in [0.1, 0.15) is 30.9 Å². The van der Waals surface area contributed by atoms with Gasteiger partial charge in [0.1, 0.15) is 6.04 Å². The first kappa shape index (κ1) is 25.4. The molecule has 3 fully saturated rings. The number of aromatic nitrogens is 7. The van der Waals surface area contributed by atoms with Gasteiger partial charge >= 0.3 is 0 Å². The van der Waals surface area contributed by atoms with Gasteiger partial charge in [0.25, 0.3) is 0 Å². The normalized spacial score (nSPS) is 22.6. The van der Waals surface area contributed by atoms with Crippen molar-refractivity contribution in [3.8, 4) is 0 Å². The fourth-order valence-electron chi connectivity index (χ4n) is 4.72. The first-order chi connectivity index (χ1) is 18.9. The van der Waals surface area contributed by atoms with Gasteiger partial charge in [-0.05, 0) is 12.8 Å². The highest BCUT2D eigenvalue weighted by atomic mass is 32.2. The van der Waals surface area contributed by atoms with E-state index in [2.05, 4.69) is 45.8 Å². The van der Waals surface area contributed by atoms with Crippen LogP contribution in [0.5, 0.6) is 0 Å². The number of hydrogen-bond acceptors (Lipinski definition) is 13. The van der Waals surface area contributed by atoms with Crippen molar-refractivity contribution in [2.24, 2.45) is 0 Å². The Morgan fingerprint density at radius 3 is 2.62 bits per heavy atom. The number of aromatic amines is 1. The zero-order valence-corrected chi connectivity index (χ0v) is 22.1. The van der Waals surface area contributed by atoms with Gasteiger partial charge in [0.15, 0.2) is 21.5 Å². The van der Waals surface area contributed by atoms with E-state index in [0.29, 0.717) is 36.5 Å². The Kier molecular flexibility index (Phi) is 6.72. The molecule has 0 aromatic carbocycles. The third-order valence-corrected chi connectivity index (χ3v) is 8.67. The van der Waals surface area contributed by atoms with Crippen molar-refractivity contribution in [3.05, 3.63) is 30.4 Å². The molecule has 206 valence electrons. The first-order valence-corrected chi connectivity index (χ1v) is 14.6. The number of hydrogen-bond donors (Lipinski definition) is 3. The van der Waals surface area contributed by atoms with Gasteiger partial charge in [0, 0.05) is 63.2 Å². The molecule has 3 aliphatic rings. The third kappa shape index (κ3) is 5.75. The molecule has 1 amide bonds. The van der Waals surface area contributed by atoms with Crippen LogP contribution in [-0.2, 0) is 19.4 Å². The van der Waals surface area contributed by atoms with Crippen LogP contribution in [0.25, 0.3) is 0 Å². The Labute approximate surface area is 224 Å². The average molecular weight is 556 g/mol. The third-order valence-electron chi connectivity index (χ3n) is 7.06. The molecule has 6 rings (SSSR count). The molecular weight excluding hydrogens is 526 g/mol. The van der Waals surface area contributed by atoms with Crippen molar-refractivity contribution in [2.45, 2.75) is 37.3 Å². The van der Waals surface area contributed by atoms with Crippen molar-refractivity contribution in [3.63, 3.8) is 0 Å². The number of rotatable bonds is 8.